The van der Waals surface area contributed by atoms with Crippen molar-refractivity contribution in [2.24, 2.45) is 13.0 Å². The Kier molecular flexibility index (Phi) is 6.72. The van der Waals surface area contributed by atoms with Crippen LogP contribution in [0.3, 0.4) is 0 Å². The minimum Gasteiger partial charge on any atom is -0.321 e. The molecule has 1 aromatic carbocycles. The molecule has 1 amide bonds. The Bertz CT molecular complexity index is 736. The maximum Gasteiger partial charge on any atom is 0.276 e. The van der Waals surface area contributed by atoms with Gasteiger partial charge in [0.1, 0.15) is 0 Å². The molecular formula is C19H26Cl2N4O. The van der Waals surface area contributed by atoms with Gasteiger partial charge < -0.3 is 10.6 Å². The number of nitrogens with one attached hydrogen (secondary N) is 2. The van der Waals surface area contributed by atoms with E-state index in [2.05, 4.69) is 27.9 Å². The number of aromatic nitrogens is 2. The van der Waals surface area contributed by atoms with Gasteiger partial charge in [-0.2, -0.15) is 5.10 Å². The van der Waals surface area contributed by atoms with Crippen LogP contribution in [0.2, 0.25) is 0 Å². The lowest BCUT2D eigenvalue weighted by Gasteiger charge is -2.06. The van der Waals surface area contributed by atoms with E-state index in [1.165, 1.54) is 31.4 Å². The van der Waals surface area contributed by atoms with Gasteiger partial charge in [-0.05, 0) is 62.4 Å². The number of carbonyl (C=O) groups is 1. The summed E-state index contributed by atoms with van der Waals surface area (Å²) >= 11 is 0. The molecule has 0 spiro atoms. The number of hydrogen-bond acceptors (Lipinski definition) is 3. The number of amides is 1. The largest absolute Gasteiger partial charge is 0.321 e. The number of benzene rings is 1. The van der Waals surface area contributed by atoms with E-state index in [0.29, 0.717) is 17.7 Å². The summed E-state index contributed by atoms with van der Waals surface area (Å²) in [6, 6.07) is 10.7. The van der Waals surface area contributed by atoms with Crippen molar-refractivity contribution in [3.63, 3.8) is 0 Å². The zero-order valence-electron chi connectivity index (χ0n) is 15.1. The van der Waals surface area contributed by atoms with Gasteiger partial charge >= 0.3 is 0 Å². The summed E-state index contributed by atoms with van der Waals surface area (Å²) in [5.41, 5.74) is 3.59. The molecular weight excluding hydrogens is 371 g/mol. The van der Waals surface area contributed by atoms with Crippen LogP contribution in [0.25, 0.3) is 0 Å². The summed E-state index contributed by atoms with van der Waals surface area (Å²) in [6.07, 6.45) is 4.02. The zero-order valence-corrected chi connectivity index (χ0v) is 16.7. The lowest BCUT2D eigenvalue weighted by Crippen LogP contribution is -2.20. The van der Waals surface area contributed by atoms with Crippen molar-refractivity contribution in [3.8, 4) is 0 Å². The smallest absolute Gasteiger partial charge is 0.276 e. The summed E-state index contributed by atoms with van der Waals surface area (Å²) in [4.78, 5) is 12.2. The predicted octanol–water partition coefficient (Wildman–Crippen LogP) is 3.68. The Morgan fingerprint density at radius 1 is 1.23 bits per heavy atom. The first kappa shape index (κ1) is 20.7. The number of nitrogens with zero attached hydrogens (tertiary/aromatic N) is 2. The highest BCUT2D eigenvalue weighted by Gasteiger charge is 2.38. The SMILES string of the molecule is Cc1cc(C(=O)Nc2ccc([C@@H]3C[C@H]3NCC3CC3)cc2)nn1C.Cl.Cl. The van der Waals surface area contributed by atoms with Crippen molar-refractivity contribution in [2.75, 3.05) is 11.9 Å². The molecule has 2 atom stereocenters. The van der Waals surface area contributed by atoms with E-state index in [4.69, 9.17) is 0 Å². The second-order valence-electron chi connectivity index (χ2n) is 7.17. The van der Waals surface area contributed by atoms with Crippen LogP contribution in [0.1, 0.15) is 46.9 Å². The molecule has 0 unspecified atom stereocenters. The summed E-state index contributed by atoms with van der Waals surface area (Å²) in [7, 11) is 1.84. The van der Waals surface area contributed by atoms with Gasteiger partial charge in [0.05, 0.1) is 0 Å². The maximum absolute atomic E-state index is 12.2. The zero-order chi connectivity index (χ0) is 16.7. The average molecular weight is 397 g/mol. The highest BCUT2D eigenvalue weighted by Crippen LogP contribution is 2.41. The first-order valence-electron chi connectivity index (χ1n) is 8.75. The van der Waals surface area contributed by atoms with Gasteiger partial charge in [0.25, 0.3) is 5.91 Å². The van der Waals surface area contributed by atoms with Gasteiger partial charge in [0.15, 0.2) is 5.69 Å². The Morgan fingerprint density at radius 2 is 1.92 bits per heavy atom. The lowest BCUT2D eigenvalue weighted by molar-refractivity contribution is 0.102. The van der Waals surface area contributed by atoms with Crippen LogP contribution < -0.4 is 10.6 Å². The number of rotatable bonds is 6. The Labute approximate surface area is 166 Å². The van der Waals surface area contributed by atoms with Crippen molar-refractivity contribution in [2.45, 2.75) is 38.1 Å². The van der Waals surface area contributed by atoms with Gasteiger partial charge in [0, 0.05) is 30.4 Å². The summed E-state index contributed by atoms with van der Waals surface area (Å²) in [5, 5.41) is 10.8. The van der Waals surface area contributed by atoms with Crippen molar-refractivity contribution in [3.05, 3.63) is 47.3 Å². The summed E-state index contributed by atoms with van der Waals surface area (Å²) in [6.45, 7) is 3.11. The molecule has 2 saturated carbocycles. The van der Waals surface area contributed by atoms with E-state index in [-0.39, 0.29) is 30.7 Å². The van der Waals surface area contributed by atoms with Gasteiger partial charge in [-0.1, -0.05) is 12.1 Å². The Morgan fingerprint density at radius 3 is 2.50 bits per heavy atom. The molecule has 4 rings (SSSR count). The molecule has 5 nitrogen and oxygen atoms in total. The monoisotopic (exact) mass is 396 g/mol. The molecule has 2 fully saturated rings. The van der Waals surface area contributed by atoms with Crippen LogP contribution >= 0.6 is 24.8 Å². The third-order valence-corrected chi connectivity index (χ3v) is 5.10. The Balaban J connectivity index is 0.00000121. The van der Waals surface area contributed by atoms with Crippen molar-refractivity contribution < 1.29 is 4.79 Å². The van der Waals surface area contributed by atoms with E-state index in [9.17, 15) is 4.79 Å². The van der Waals surface area contributed by atoms with Crippen LogP contribution in [0.4, 0.5) is 5.69 Å². The highest BCUT2D eigenvalue weighted by molar-refractivity contribution is 6.02. The van der Waals surface area contributed by atoms with Crippen molar-refractivity contribution >= 4 is 36.4 Å². The standard InChI is InChI=1S/C19H24N4O.2ClH/c1-12-9-18(22-23(12)2)19(24)21-15-7-5-14(6-8-15)16-10-17(16)20-11-13-3-4-13;;/h5-9,13,16-17,20H,3-4,10-11H2,1-2H3,(H,21,24);2*1H/t16-,17+;;/m0../s1. The number of halogens is 2. The molecule has 1 aromatic heterocycles. The second kappa shape index (κ2) is 8.42. The number of anilines is 1. The minimum atomic E-state index is -0.165. The molecule has 0 radical (unpaired) electrons. The molecule has 2 N–H and O–H groups in total. The van der Waals surface area contributed by atoms with Crippen molar-refractivity contribution in [1.82, 2.24) is 15.1 Å². The normalized spacial score (nSPS) is 20.7. The van der Waals surface area contributed by atoms with Crippen LogP contribution in [0.15, 0.2) is 30.3 Å². The minimum absolute atomic E-state index is 0. The van der Waals surface area contributed by atoms with Crippen molar-refractivity contribution in [1.29, 1.82) is 0 Å². The first-order valence-corrected chi connectivity index (χ1v) is 8.75. The predicted molar refractivity (Wildman–Crippen MR) is 109 cm³/mol. The third kappa shape index (κ3) is 4.78. The van der Waals surface area contributed by atoms with Gasteiger partial charge in [-0.25, -0.2) is 0 Å². The number of hydrogen-bond donors (Lipinski definition) is 2. The van der Waals surface area contributed by atoms with Crippen LogP contribution in [0.5, 0.6) is 0 Å². The summed E-state index contributed by atoms with van der Waals surface area (Å²) in [5.74, 6) is 1.40. The molecule has 0 saturated heterocycles. The van der Waals surface area contributed by atoms with E-state index < -0.39 is 0 Å². The molecule has 0 aliphatic heterocycles. The quantitative estimate of drug-likeness (QED) is 0.782. The Hall–Kier alpha value is -1.56. The van der Waals surface area contributed by atoms with Gasteiger partial charge in [0.2, 0.25) is 0 Å². The van der Waals surface area contributed by atoms with Gasteiger partial charge in [-0.15, -0.1) is 24.8 Å². The van der Waals surface area contributed by atoms with E-state index in [0.717, 1.165) is 17.3 Å². The molecule has 0 bridgehead atoms. The molecule has 2 aromatic rings. The fraction of sp³-hybridized carbons (Fsp3) is 0.474. The average Bonchev–Trinajstić information content (AvgIpc) is 3.47. The summed E-state index contributed by atoms with van der Waals surface area (Å²) < 4.78 is 1.71. The molecule has 7 heteroatoms. The fourth-order valence-corrected chi connectivity index (χ4v) is 3.11. The molecule has 2 aliphatic carbocycles. The maximum atomic E-state index is 12.2. The van der Waals surface area contributed by atoms with E-state index in [1.807, 2.05) is 26.1 Å². The highest BCUT2D eigenvalue weighted by atomic mass is 35.5. The van der Waals surface area contributed by atoms with Gasteiger partial charge in [-0.3, -0.25) is 9.48 Å². The third-order valence-electron chi connectivity index (χ3n) is 5.10. The molecule has 142 valence electrons. The molecule has 26 heavy (non-hydrogen) atoms. The molecule has 2 aliphatic rings. The van der Waals surface area contributed by atoms with Crippen LogP contribution in [0, 0.1) is 12.8 Å². The topological polar surface area (TPSA) is 59.0 Å². The lowest BCUT2D eigenvalue weighted by atomic mass is 10.1. The molecule has 1 heterocycles. The van der Waals surface area contributed by atoms with E-state index >= 15 is 0 Å². The van der Waals surface area contributed by atoms with E-state index in [1.54, 1.807) is 10.7 Å². The van der Waals surface area contributed by atoms with Crippen LogP contribution in [-0.2, 0) is 7.05 Å². The second-order valence-corrected chi connectivity index (χ2v) is 7.17. The van der Waals surface area contributed by atoms with Crippen LogP contribution in [-0.4, -0.2) is 28.3 Å². The first-order chi connectivity index (χ1) is 11.6. The number of carbonyl (C=O) groups excluding carboxylic acids is 1. The number of aryl methyl sites for hydroxylation is 2. The fourth-order valence-electron chi connectivity index (χ4n) is 3.11.